The monoisotopic (exact) mass is 303 g/mol. The van der Waals surface area contributed by atoms with Crippen LogP contribution < -0.4 is 10.6 Å². The van der Waals surface area contributed by atoms with Gasteiger partial charge in [0.1, 0.15) is 0 Å². The average molecular weight is 303 g/mol. The van der Waals surface area contributed by atoms with Gasteiger partial charge in [0.15, 0.2) is 0 Å². The molecule has 21 heavy (non-hydrogen) atoms. The summed E-state index contributed by atoms with van der Waals surface area (Å²) in [6, 6.07) is 2.94. The number of halogens is 3. The second kappa shape index (κ2) is 5.88. The summed E-state index contributed by atoms with van der Waals surface area (Å²) in [5, 5.41) is 16.7. The van der Waals surface area contributed by atoms with Crippen LogP contribution in [-0.4, -0.2) is 23.6 Å². The standard InChI is InChI=1S/C13H16F3N3O2/c1-8-6-9(4-5-17-8)18-12-3-2-10(19(20)21)7-11(12)13(14,15)16/h2-3,7-9,17-18H,4-6H2,1H3. The summed E-state index contributed by atoms with van der Waals surface area (Å²) in [5.74, 6) is 0. The molecule has 0 amide bonds. The van der Waals surface area contributed by atoms with Crippen LogP contribution in [0.5, 0.6) is 0 Å². The molecule has 0 bridgehead atoms. The van der Waals surface area contributed by atoms with Gasteiger partial charge in [-0.25, -0.2) is 0 Å². The lowest BCUT2D eigenvalue weighted by Crippen LogP contribution is -2.41. The zero-order valence-corrected chi connectivity index (χ0v) is 11.4. The molecule has 1 aliphatic heterocycles. The van der Waals surface area contributed by atoms with E-state index in [0.717, 1.165) is 18.7 Å². The van der Waals surface area contributed by atoms with Crippen molar-refractivity contribution >= 4 is 11.4 Å². The van der Waals surface area contributed by atoms with Gasteiger partial charge in [0.2, 0.25) is 0 Å². The highest BCUT2D eigenvalue weighted by Crippen LogP contribution is 2.37. The fraction of sp³-hybridized carbons (Fsp3) is 0.538. The highest BCUT2D eigenvalue weighted by molar-refractivity contribution is 5.58. The maximum Gasteiger partial charge on any atom is 0.418 e. The van der Waals surface area contributed by atoms with Crippen molar-refractivity contribution in [3.8, 4) is 0 Å². The predicted molar refractivity (Wildman–Crippen MR) is 72.2 cm³/mol. The van der Waals surface area contributed by atoms with Crippen molar-refractivity contribution < 1.29 is 18.1 Å². The first-order valence-electron chi connectivity index (χ1n) is 6.63. The Morgan fingerprint density at radius 3 is 2.71 bits per heavy atom. The molecule has 1 fully saturated rings. The lowest BCUT2D eigenvalue weighted by atomic mass is 9.99. The van der Waals surface area contributed by atoms with Gasteiger partial charge in [-0.15, -0.1) is 0 Å². The summed E-state index contributed by atoms with van der Waals surface area (Å²) in [6.45, 7) is 2.70. The Labute approximate surface area is 119 Å². The van der Waals surface area contributed by atoms with Crippen molar-refractivity contribution in [2.75, 3.05) is 11.9 Å². The Hall–Kier alpha value is -1.83. The lowest BCUT2D eigenvalue weighted by molar-refractivity contribution is -0.385. The number of nitrogens with one attached hydrogen (secondary N) is 2. The van der Waals surface area contributed by atoms with E-state index in [-0.39, 0.29) is 17.8 Å². The summed E-state index contributed by atoms with van der Waals surface area (Å²) >= 11 is 0. The average Bonchev–Trinajstić information content (AvgIpc) is 2.37. The van der Waals surface area contributed by atoms with Gasteiger partial charge < -0.3 is 10.6 Å². The molecule has 1 aliphatic rings. The number of non-ortho nitro benzene ring substituents is 1. The van der Waals surface area contributed by atoms with Gasteiger partial charge in [-0.2, -0.15) is 13.2 Å². The molecule has 0 saturated carbocycles. The molecule has 116 valence electrons. The van der Waals surface area contributed by atoms with Gasteiger partial charge in [0, 0.05) is 29.9 Å². The molecule has 1 heterocycles. The van der Waals surface area contributed by atoms with Gasteiger partial charge in [0.25, 0.3) is 5.69 Å². The second-order valence-electron chi connectivity index (χ2n) is 5.21. The molecule has 2 atom stereocenters. The molecule has 1 saturated heterocycles. The Morgan fingerprint density at radius 2 is 2.14 bits per heavy atom. The molecule has 0 aliphatic carbocycles. The first-order chi connectivity index (χ1) is 9.77. The summed E-state index contributed by atoms with van der Waals surface area (Å²) in [4.78, 5) is 9.81. The highest BCUT2D eigenvalue weighted by atomic mass is 19.4. The van der Waals surface area contributed by atoms with E-state index in [2.05, 4.69) is 10.6 Å². The van der Waals surface area contributed by atoms with E-state index in [0.29, 0.717) is 18.9 Å². The maximum atomic E-state index is 13.0. The third kappa shape index (κ3) is 3.84. The molecule has 0 radical (unpaired) electrons. The van der Waals surface area contributed by atoms with Gasteiger partial charge in [-0.1, -0.05) is 0 Å². The van der Waals surface area contributed by atoms with Crippen molar-refractivity contribution in [3.63, 3.8) is 0 Å². The van der Waals surface area contributed by atoms with Crippen molar-refractivity contribution in [1.82, 2.24) is 5.32 Å². The Kier molecular flexibility index (Phi) is 4.36. The third-order valence-corrected chi connectivity index (χ3v) is 3.50. The fourth-order valence-corrected chi connectivity index (χ4v) is 2.49. The Balaban J connectivity index is 2.27. The smallest absolute Gasteiger partial charge is 0.382 e. The molecule has 0 spiro atoms. The molecule has 1 aromatic rings. The zero-order valence-electron chi connectivity index (χ0n) is 11.4. The number of hydrogen-bond donors (Lipinski definition) is 2. The van der Waals surface area contributed by atoms with Crippen molar-refractivity contribution in [3.05, 3.63) is 33.9 Å². The number of anilines is 1. The van der Waals surface area contributed by atoms with E-state index in [9.17, 15) is 23.3 Å². The number of rotatable bonds is 3. The topological polar surface area (TPSA) is 67.2 Å². The molecular weight excluding hydrogens is 287 g/mol. The molecule has 5 nitrogen and oxygen atoms in total. The third-order valence-electron chi connectivity index (χ3n) is 3.50. The van der Waals surface area contributed by atoms with Crippen LogP contribution in [-0.2, 0) is 6.18 Å². The first kappa shape index (κ1) is 15.6. The molecule has 2 N–H and O–H groups in total. The highest BCUT2D eigenvalue weighted by Gasteiger charge is 2.36. The van der Waals surface area contributed by atoms with E-state index in [1.807, 2.05) is 6.92 Å². The molecule has 8 heteroatoms. The van der Waals surface area contributed by atoms with Crippen LogP contribution in [0.1, 0.15) is 25.3 Å². The Morgan fingerprint density at radius 1 is 1.43 bits per heavy atom. The van der Waals surface area contributed by atoms with Crippen LogP contribution in [0, 0.1) is 10.1 Å². The minimum Gasteiger partial charge on any atom is -0.382 e. The predicted octanol–water partition coefficient (Wildman–Crippen LogP) is 3.17. The molecular formula is C13H16F3N3O2. The Bertz CT molecular complexity index is 534. The van der Waals surface area contributed by atoms with Crippen molar-refractivity contribution in [1.29, 1.82) is 0 Å². The van der Waals surface area contributed by atoms with Crippen molar-refractivity contribution in [2.24, 2.45) is 0 Å². The van der Waals surface area contributed by atoms with E-state index >= 15 is 0 Å². The first-order valence-corrected chi connectivity index (χ1v) is 6.63. The van der Waals surface area contributed by atoms with Crippen LogP contribution in [0.25, 0.3) is 0 Å². The van der Waals surface area contributed by atoms with E-state index in [4.69, 9.17) is 0 Å². The summed E-state index contributed by atoms with van der Waals surface area (Å²) < 4.78 is 39.1. The largest absolute Gasteiger partial charge is 0.418 e. The number of nitro benzene ring substituents is 1. The summed E-state index contributed by atoms with van der Waals surface area (Å²) in [7, 11) is 0. The number of nitro groups is 1. The van der Waals surface area contributed by atoms with Crippen molar-refractivity contribution in [2.45, 2.75) is 38.0 Å². The number of benzene rings is 1. The molecule has 2 rings (SSSR count). The second-order valence-corrected chi connectivity index (χ2v) is 5.21. The zero-order chi connectivity index (χ0) is 15.6. The summed E-state index contributed by atoms with van der Waals surface area (Å²) in [5.41, 5.74) is -1.67. The molecule has 0 aromatic heterocycles. The lowest BCUT2D eigenvalue weighted by Gasteiger charge is -2.30. The van der Waals surface area contributed by atoms with Crippen LogP contribution in [0.3, 0.4) is 0 Å². The number of alkyl halides is 3. The number of hydrogen-bond acceptors (Lipinski definition) is 4. The molecule has 1 aromatic carbocycles. The quantitative estimate of drug-likeness (QED) is 0.665. The van der Waals surface area contributed by atoms with Crippen LogP contribution in [0.2, 0.25) is 0 Å². The minimum atomic E-state index is -4.63. The van der Waals surface area contributed by atoms with Gasteiger partial charge in [-0.3, -0.25) is 10.1 Å². The van der Waals surface area contributed by atoms with E-state index < -0.39 is 22.4 Å². The van der Waals surface area contributed by atoms with Gasteiger partial charge in [-0.05, 0) is 32.4 Å². The number of nitrogens with zero attached hydrogens (tertiary/aromatic N) is 1. The van der Waals surface area contributed by atoms with Crippen LogP contribution >= 0.6 is 0 Å². The normalized spacial score (nSPS) is 22.9. The fourth-order valence-electron chi connectivity index (χ4n) is 2.49. The van der Waals surface area contributed by atoms with E-state index in [1.165, 1.54) is 0 Å². The minimum absolute atomic E-state index is 0.0798. The SMILES string of the molecule is CC1CC(Nc2ccc([N+](=O)[O-])cc2C(F)(F)F)CCN1. The molecule has 2 unspecified atom stereocenters. The summed E-state index contributed by atoms with van der Waals surface area (Å²) in [6.07, 6.45) is -3.22. The van der Waals surface area contributed by atoms with Crippen LogP contribution in [0.15, 0.2) is 18.2 Å². The van der Waals surface area contributed by atoms with E-state index in [1.54, 1.807) is 0 Å². The van der Waals surface area contributed by atoms with Gasteiger partial charge in [0.05, 0.1) is 10.5 Å². The van der Waals surface area contributed by atoms with Gasteiger partial charge >= 0.3 is 6.18 Å². The number of piperidine rings is 1. The maximum absolute atomic E-state index is 13.0. The van der Waals surface area contributed by atoms with Crippen LogP contribution in [0.4, 0.5) is 24.5 Å².